The fourth-order valence-electron chi connectivity index (χ4n) is 2.03. The molecule has 1 aromatic carbocycles. The van der Waals surface area contributed by atoms with E-state index in [1.165, 1.54) is 6.07 Å². The van der Waals surface area contributed by atoms with E-state index in [1.54, 1.807) is 19.9 Å². The van der Waals surface area contributed by atoms with Crippen molar-refractivity contribution in [3.8, 4) is 0 Å². The van der Waals surface area contributed by atoms with Gasteiger partial charge >= 0.3 is 0 Å². The predicted molar refractivity (Wildman–Crippen MR) is 74.5 cm³/mol. The van der Waals surface area contributed by atoms with E-state index in [1.807, 2.05) is 6.08 Å². The third-order valence-electron chi connectivity index (χ3n) is 2.94. The largest absolute Gasteiger partial charge is 0.389 e. The molecule has 0 amide bonds. The van der Waals surface area contributed by atoms with Crippen LogP contribution in [0.4, 0.5) is 10.1 Å². The Morgan fingerprint density at radius 2 is 2.17 bits per heavy atom. The standard InChI is InChI=1S/C15H22FNO/c1-5-7-17(8-6-2)15-9-11(3)14(16)10-13(15)12(4)18/h5,9-10,12,18H,1,6-8H2,2-4H3/t12-/m1/s1. The van der Waals surface area contributed by atoms with Crippen LogP contribution in [0.1, 0.15) is 37.5 Å². The lowest BCUT2D eigenvalue weighted by Crippen LogP contribution is -2.25. The maximum absolute atomic E-state index is 13.6. The summed E-state index contributed by atoms with van der Waals surface area (Å²) in [7, 11) is 0. The Hall–Kier alpha value is -1.35. The van der Waals surface area contributed by atoms with E-state index in [2.05, 4.69) is 18.4 Å². The Labute approximate surface area is 109 Å². The molecule has 18 heavy (non-hydrogen) atoms. The topological polar surface area (TPSA) is 23.5 Å². The monoisotopic (exact) mass is 251 g/mol. The molecular formula is C15H22FNO. The SMILES string of the molecule is C=CCN(CCC)c1cc(C)c(F)cc1[C@@H](C)O. The van der Waals surface area contributed by atoms with Crippen LogP contribution in [0.15, 0.2) is 24.8 Å². The molecule has 3 heteroatoms. The zero-order chi connectivity index (χ0) is 13.7. The second kappa shape index (κ2) is 6.55. The lowest BCUT2D eigenvalue weighted by atomic mass is 10.0. The van der Waals surface area contributed by atoms with Crippen LogP contribution in [0.3, 0.4) is 0 Å². The molecule has 1 N–H and O–H groups in total. The fraction of sp³-hybridized carbons (Fsp3) is 0.467. The summed E-state index contributed by atoms with van der Waals surface area (Å²) >= 11 is 0. The first kappa shape index (κ1) is 14.7. The van der Waals surface area contributed by atoms with Crippen LogP contribution >= 0.6 is 0 Å². The highest BCUT2D eigenvalue weighted by Crippen LogP contribution is 2.29. The van der Waals surface area contributed by atoms with Gasteiger partial charge in [-0.1, -0.05) is 13.0 Å². The summed E-state index contributed by atoms with van der Waals surface area (Å²) in [4.78, 5) is 2.11. The summed E-state index contributed by atoms with van der Waals surface area (Å²) in [5.41, 5.74) is 2.12. The van der Waals surface area contributed by atoms with Gasteiger partial charge in [0.2, 0.25) is 0 Å². The zero-order valence-corrected chi connectivity index (χ0v) is 11.4. The second-order valence-corrected chi connectivity index (χ2v) is 4.57. The maximum Gasteiger partial charge on any atom is 0.126 e. The molecule has 100 valence electrons. The molecule has 0 bridgehead atoms. The highest BCUT2D eigenvalue weighted by molar-refractivity contribution is 5.57. The van der Waals surface area contributed by atoms with E-state index < -0.39 is 6.10 Å². The van der Waals surface area contributed by atoms with Crippen molar-refractivity contribution < 1.29 is 9.50 Å². The number of hydrogen-bond acceptors (Lipinski definition) is 2. The molecule has 0 aliphatic rings. The van der Waals surface area contributed by atoms with Crippen molar-refractivity contribution in [2.75, 3.05) is 18.0 Å². The first-order valence-electron chi connectivity index (χ1n) is 6.35. The summed E-state index contributed by atoms with van der Waals surface area (Å²) in [6.07, 6.45) is 2.13. The van der Waals surface area contributed by atoms with Crippen molar-refractivity contribution in [3.63, 3.8) is 0 Å². The number of halogens is 1. The molecule has 0 radical (unpaired) electrons. The van der Waals surface area contributed by atoms with Crippen molar-refractivity contribution in [2.45, 2.75) is 33.3 Å². The summed E-state index contributed by atoms with van der Waals surface area (Å²) < 4.78 is 13.6. The van der Waals surface area contributed by atoms with Crippen molar-refractivity contribution in [2.24, 2.45) is 0 Å². The number of benzene rings is 1. The van der Waals surface area contributed by atoms with Crippen molar-refractivity contribution in [1.29, 1.82) is 0 Å². The van der Waals surface area contributed by atoms with Gasteiger partial charge in [0.1, 0.15) is 5.82 Å². The van der Waals surface area contributed by atoms with Gasteiger partial charge < -0.3 is 10.0 Å². The summed E-state index contributed by atoms with van der Waals surface area (Å²) in [6, 6.07) is 3.23. The Morgan fingerprint density at radius 3 is 2.67 bits per heavy atom. The molecule has 0 unspecified atom stereocenters. The van der Waals surface area contributed by atoms with E-state index >= 15 is 0 Å². The van der Waals surface area contributed by atoms with Crippen LogP contribution in [0, 0.1) is 12.7 Å². The molecule has 1 aromatic rings. The van der Waals surface area contributed by atoms with Crippen LogP contribution in [0.2, 0.25) is 0 Å². The number of hydrogen-bond donors (Lipinski definition) is 1. The molecule has 1 rings (SSSR count). The van der Waals surface area contributed by atoms with Crippen molar-refractivity contribution in [1.82, 2.24) is 0 Å². The summed E-state index contributed by atoms with van der Waals surface area (Å²) in [5.74, 6) is -0.273. The molecule has 0 spiro atoms. The lowest BCUT2D eigenvalue weighted by Gasteiger charge is -2.27. The van der Waals surface area contributed by atoms with Crippen LogP contribution < -0.4 is 4.90 Å². The summed E-state index contributed by atoms with van der Waals surface area (Å²) in [5, 5.41) is 9.79. The van der Waals surface area contributed by atoms with Gasteiger partial charge in [-0.05, 0) is 38.0 Å². The second-order valence-electron chi connectivity index (χ2n) is 4.57. The minimum Gasteiger partial charge on any atom is -0.389 e. The first-order valence-corrected chi connectivity index (χ1v) is 6.35. The Balaban J connectivity index is 3.25. The highest BCUT2D eigenvalue weighted by atomic mass is 19.1. The molecule has 0 saturated heterocycles. The third-order valence-corrected chi connectivity index (χ3v) is 2.94. The molecule has 0 fully saturated rings. The molecule has 0 aliphatic carbocycles. The molecule has 2 nitrogen and oxygen atoms in total. The van der Waals surface area contributed by atoms with Crippen molar-refractivity contribution in [3.05, 3.63) is 41.7 Å². The van der Waals surface area contributed by atoms with Crippen molar-refractivity contribution >= 4 is 5.69 Å². The van der Waals surface area contributed by atoms with E-state index in [0.717, 1.165) is 18.7 Å². The molecular weight excluding hydrogens is 229 g/mol. The van der Waals surface area contributed by atoms with Gasteiger partial charge in [0.05, 0.1) is 6.10 Å². The van der Waals surface area contributed by atoms with Gasteiger partial charge in [0.15, 0.2) is 0 Å². The van der Waals surface area contributed by atoms with E-state index in [9.17, 15) is 9.50 Å². The Kier molecular flexibility index (Phi) is 5.35. The Morgan fingerprint density at radius 1 is 1.50 bits per heavy atom. The quantitative estimate of drug-likeness (QED) is 0.781. The minimum atomic E-state index is -0.681. The number of rotatable bonds is 6. The Bertz CT molecular complexity index is 415. The lowest BCUT2D eigenvalue weighted by molar-refractivity contribution is 0.199. The van der Waals surface area contributed by atoms with Gasteiger partial charge in [0, 0.05) is 24.3 Å². The third kappa shape index (κ3) is 3.33. The maximum atomic E-state index is 13.6. The number of anilines is 1. The predicted octanol–water partition coefficient (Wildman–Crippen LogP) is 3.59. The van der Waals surface area contributed by atoms with Crippen LogP contribution in [-0.2, 0) is 0 Å². The van der Waals surface area contributed by atoms with Gasteiger partial charge in [-0.15, -0.1) is 6.58 Å². The number of aliphatic hydroxyl groups is 1. The average Bonchev–Trinajstić information content (AvgIpc) is 2.31. The summed E-state index contributed by atoms with van der Waals surface area (Å²) in [6.45, 7) is 10.8. The minimum absolute atomic E-state index is 0.273. The van der Waals surface area contributed by atoms with Gasteiger partial charge in [0.25, 0.3) is 0 Å². The average molecular weight is 251 g/mol. The number of nitrogens with zero attached hydrogens (tertiary/aromatic N) is 1. The van der Waals surface area contributed by atoms with Crippen LogP contribution in [-0.4, -0.2) is 18.2 Å². The van der Waals surface area contributed by atoms with Gasteiger partial charge in [-0.3, -0.25) is 0 Å². The van der Waals surface area contributed by atoms with E-state index in [4.69, 9.17) is 0 Å². The van der Waals surface area contributed by atoms with Crippen LogP contribution in [0.25, 0.3) is 0 Å². The molecule has 0 saturated carbocycles. The molecule has 0 aliphatic heterocycles. The normalized spacial score (nSPS) is 12.3. The smallest absolute Gasteiger partial charge is 0.126 e. The first-order chi connectivity index (χ1) is 8.51. The zero-order valence-electron chi connectivity index (χ0n) is 11.4. The van der Waals surface area contributed by atoms with Gasteiger partial charge in [-0.25, -0.2) is 4.39 Å². The number of aliphatic hydroxyl groups excluding tert-OH is 1. The van der Waals surface area contributed by atoms with E-state index in [0.29, 0.717) is 17.7 Å². The van der Waals surface area contributed by atoms with Crippen LogP contribution in [0.5, 0.6) is 0 Å². The molecule has 0 heterocycles. The molecule has 0 aromatic heterocycles. The fourth-order valence-corrected chi connectivity index (χ4v) is 2.03. The molecule has 1 atom stereocenters. The van der Waals surface area contributed by atoms with E-state index in [-0.39, 0.29) is 5.82 Å². The highest BCUT2D eigenvalue weighted by Gasteiger charge is 2.15. The number of aryl methyl sites for hydroxylation is 1. The van der Waals surface area contributed by atoms with Gasteiger partial charge in [-0.2, -0.15) is 0 Å².